The van der Waals surface area contributed by atoms with E-state index < -0.39 is 6.36 Å². The van der Waals surface area contributed by atoms with Crippen LogP contribution in [0.1, 0.15) is 62.5 Å². The third kappa shape index (κ3) is 6.01. The third-order valence-corrected chi connectivity index (χ3v) is 5.71. The lowest BCUT2D eigenvalue weighted by Gasteiger charge is -2.32. The Morgan fingerprint density at radius 2 is 1.47 bits per heavy atom. The quantitative estimate of drug-likeness (QED) is 0.297. The van der Waals surface area contributed by atoms with Crippen molar-refractivity contribution in [3.05, 3.63) is 90.0 Å². The molecule has 0 spiro atoms. The van der Waals surface area contributed by atoms with Crippen LogP contribution in [-0.4, -0.2) is 6.36 Å². The van der Waals surface area contributed by atoms with Gasteiger partial charge in [-0.3, -0.25) is 0 Å². The molecule has 3 rings (SSSR count). The van der Waals surface area contributed by atoms with E-state index in [1.807, 2.05) is 18.2 Å². The van der Waals surface area contributed by atoms with E-state index in [9.17, 15) is 13.2 Å². The van der Waals surface area contributed by atoms with Crippen molar-refractivity contribution in [2.45, 2.75) is 63.1 Å². The summed E-state index contributed by atoms with van der Waals surface area (Å²) in [5, 5.41) is 0. The van der Waals surface area contributed by atoms with Gasteiger partial charge in [0.2, 0.25) is 0 Å². The molecule has 0 amide bonds. The van der Waals surface area contributed by atoms with Crippen LogP contribution in [-0.2, 0) is 5.41 Å². The van der Waals surface area contributed by atoms with Crippen LogP contribution in [0.3, 0.4) is 0 Å². The highest BCUT2D eigenvalue weighted by Gasteiger charge is 2.32. The van der Waals surface area contributed by atoms with E-state index in [4.69, 9.17) is 0 Å². The highest BCUT2D eigenvalue weighted by molar-refractivity contribution is 5.45. The molecule has 0 saturated heterocycles. The summed E-state index contributed by atoms with van der Waals surface area (Å²) in [5.41, 5.74) is 1.93. The maximum absolute atomic E-state index is 12.5. The Kier molecular flexibility index (Phi) is 7.41. The largest absolute Gasteiger partial charge is 0.573 e. The molecule has 0 heterocycles. The Bertz CT molecular complexity index is 821. The molecule has 0 fully saturated rings. The number of hydrogen-bond donors (Lipinski definition) is 0. The van der Waals surface area contributed by atoms with E-state index in [1.165, 1.54) is 37.0 Å². The number of benzene rings is 2. The van der Waals surface area contributed by atoms with Crippen LogP contribution < -0.4 is 4.74 Å². The molecule has 0 unspecified atom stereocenters. The van der Waals surface area contributed by atoms with Crippen molar-refractivity contribution in [3.8, 4) is 5.75 Å². The van der Waals surface area contributed by atoms with Crippen molar-refractivity contribution < 1.29 is 17.9 Å². The Hall–Kier alpha value is -2.49. The van der Waals surface area contributed by atoms with Gasteiger partial charge in [-0.1, -0.05) is 106 Å². The van der Waals surface area contributed by atoms with Gasteiger partial charge in [0.1, 0.15) is 5.75 Å². The number of allylic oxidation sites excluding steroid dienone is 4. The molecule has 0 atom stereocenters. The topological polar surface area (TPSA) is 9.23 Å². The van der Waals surface area contributed by atoms with E-state index in [-0.39, 0.29) is 17.1 Å². The van der Waals surface area contributed by atoms with E-state index in [2.05, 4.69) is 48.1 Å². The minimum Gasteiger partial charge on any atom is -0.406 e. The summed E-state index contributed by atoms with van der Waals surface area (Å²) in [5.74, 6) is 0.0301. The zero-order valence-corrected chi connectivity index (χ0v) is 17.4. The van der Waals surface area contributed by atoms with Crippen molar-refractivity contribution in [1.82, 2.24) is 0 Å². The van der Waals surface area contributed by atoms with Gasteiger partial charge >= 0.3 is 6.36 Å². The molecule has 30 heavy (non-hydrogen) atoms. The summed E-state index contributed by atoms with van der Waals surface area (Å²) in [6, 6.07) is 16.6. The highest BCUT2D eigenvalue weighted by Crippen LogP contribution is 2.40. The molecule has 2 aromatic rings. The second kappa shape index (κ2) is 10.0. The van der Waals surface area contributed by atoms with Crippen LogP contribution in [0.2, 0.25) is 0 Å². The Morgan fingerprint density at radius 3 is 2.07 bits per heavy atom. The number of alkyl halides is 3. The van der Waals surface area contributed by atoms with E-state index in [0.717, 1.165) is 24.8 Å². The predicted molar refractivity (Wildman–Crippen MR) is 116 cm³/mol. The van der Waals surface area contributed by atoms with E-state index in [0.29, 0.717) is 0 Å². The Labute approximate surface area is 177 Å². The summed E-state index contributed by atoms with van der Waals surface area (Å²) < 4.78 is 41.5. The molecular weight excluding hydrogens is 385 g/mol. The lowest BCUT2D eigenvalue weighted by Crippen LogP contribution is -2.24. The van der Waals surface area contributed by atoms with Crippen molar-refractivity contribution in [1.29, 1.82) is 0 Å². The van der Waals surface area contributed by atoms with Crippen LogP contribution in [0.5, 0.6) is 5.75 Å². The van der Waals surface area contributed by atoms with Gasteiger partial charge in [-0.15, -0.1) is 13.2 Å². The molecule has 0 radical (unpaired) electrons. The first-order valence-electron chi connectivity index (χ1n) is 10.7. The smallest absolute Gasteiger partial charge is 0.406 e. The van der Waals surface area contributed by atoms with Gasteiger partial charge in [-0.25, -0.2) is 0 Å². The minimum atomic E-state index is -4.67. The normalized spacial score (nSPS) is 21.0. The molecular formula is C26H29F3O. The van der Waals surface area contributed by atoms with Crippen molar-refractivity contribution >= 4 is 0 Å². The van der Waals surface area contributed by atoms with Gasteiger partial charge in [-0.2, -0.15) is 0 Å². The second-order valence-electron chi connectivity index (χ2n) is 7.93. The molecule has 4 heteroatoms. The molecule has 0 aliphatic heterocycles. The van der Waals surface area contributed by atoms with Crippen LogP contribution in [0.15, 0.2) is 78.9 Å². The van der Waals surface area contributed by atoms with Crippen molar-refractivity contribution in [2.24, 2.45) is 0 Å². The highest BCUT2D eigenvalue weighted by atomic mass is 19.4. The molecule has 1 nitrogen and oxygen atoms in total. The maximum atomic E-state index is 12.5. The van der Waals surface area contributed by atoms with Crippen LogP contribution in [0.25, 0.3) is 0 Å². The lowest BCUT2D eigenvalue weighted by molar-refractivity contribution is -0.274. The van der Waals surface area contributed by atoms with Crippen LogP contribution >= 0.6 is 0 Å². The molecule has 1 aliphatic carbocycles. The van der Waals surface area contributed by atoms with Gasteiger partial charge in [0.25, 0.3) is 0 Å². The first-order valence-corrected chi connectivity index (χ1v) is 10.7. The Morgan fingerprint density at radius 1 is 0.833 bits per heavy atom. The number of ether oxygens (including phenoxy) is 1. The van der Waals surface area contributed by atoms with Gasteiger partial charge in [0, 0.05) is 11.3 Å². The zero-order chi connectivity index (χ0) is 21.5. The van der Waals surface area contributed by atoms with E-state index in [1.54, 1.807) is 12.1 Å². The summed E-state index contributed by atoms with van der Waals surface area (Å²) in [6.45, 7) is 2.20. The van der Waals surface area contributed by atoms with Gasteiger partial charge in [0.05, 0.1) is 0 Å². The van der Waals surface area contributed by atoms with Crippen molar-refractivity contribution in [3.63, 3.8) is 0 Å². The zero-order valence-electron chi connectivity index (χ0n) is 17.4. The molecule has 0 N–H and O–H groups in total. The minimum absolute atomic E-state index is 0.185. The predicted octanol–water partition coefficient (Wildman–Crippen LogP) is 8.09. The maximum Gasteiger partial charge on any atom is 0.573 e. The molecule has 160 valence electrons. The van der Waals surface area contributed by atoms with Crippen molar-refractivity contribution in [2.75, 3.05) is 0 Å². The van der Waals surface area contributed by atoms with Crippen LogP contribution in [0, 0.1) is 0 Å². The number of hydrogen-bond acceptors (Lipinski definition) is 1. The van der Waals surface area contributed by atoms with E-state index >= 15 is 0 Å². The summed E-state index contributed by atoms with van der Waals surface area (Å²) >= 11 is 0. The third-order valence-electron chi connectivity index (χ3n) is 5.71. The SMILES string of the molecule is CCCCCCCC1(c2ccc(OC(F)(F)F)cc2)C=CC(c2ccccc2)C=C1. The number of unbranched alkanes of at least 4 members (excludes halogenated alkanes) is 4. The molecule has 0 saturated carbocycles. The number of halogens is 3. The first kappa shape index (κ1) is 22.2. The summed E-state index contributed by atoms with van der Waals surface area (Å²) in [4.78, 5) is 0. The standard InChI is InChI=1S/C26H29F3O/c1-2-3-4-5-9-18-25(23-12-14-24(15-13-23)30-26(27,28)29)19-16-22(17-20-25)21-10-7-6-8-11-21/h6-8,10-17,19-20,22H,2-5,9,18H2,1H3. The average molecular weight is 415 g/mol. The van der Waals surface area contributed by atoms with Gasteiger partial charge in [-0.05, 0) is 29.7 Å². The first-order chi connectivity index (χ1) is 14.4. The average Bonchev–Trinajstić information content (AvgIpc) is 2.74. The Balaban J connectivity index is 1.80. The molecule has 0 bridgehead atoms. The molecule has 2 aromatic carbocycles. The van der Waals surface area contributed by atoms with Gasteiger partial charge in [0.15, 0.2) is 0 Å². The molecule has 0 aromatic heterocycles. The summed E-state index contributed by atoms with van der Waals surface area (Å²) in [6.07, 6.45) is 11.0. The van der Waals surface area contributed by atoms with Gasteiger partial charge < -0.3 is 4.74 Å². The fourth-order valence-electron chi connectivity index (χ4n) is 4.06. The second-order valence-corrected chi connectivity index (χ2v) is 7.93. The fraction of sp³-hybridized carbons (Fsp3) is 0.385. The summed E-state index contributed by atoms with van der Waals surface area (Å²) in [7, 11) is 0. The van der Waals surface area contributed by atoms with Crippen LogP contribution in [0.4, 0.5) is 13.2 Å². The fourth-order valence-corrected chi connectivity index (χ4v) is 4.06. The molecule has 1 aliphatic rings. The monoisotopic (exact) mass is 414 g/mol. The lowest BCUT2D eigenvalue weighted by atomic mass is 9.72. The number of rotatable bonds is 9.